The van der Waals surface area contributed by atoms with E-state index in [4.69, 9.17) is 0 Å². The fraction of sp³-hybridized carbons (Fsp3) is 0.357. The van der Waals surface area contributed by atoms with E-state index in [2.05, 4.69) is 9.46 Å². The predicted octanol–water partition coefficient (Wildman–Crippen LogP) is 0.496. The number of nitro benzene ring substituents is 1. The van der Waals surface area contributed by atoms with Crippen LogP contribution in [-0.2, 0) is 19.6 Å². The van der Waals surface area contributed by atoms with Crippen LogP contribution in [0.5, 0.6) is 0 Å². The maximum atomic E-state index is 12.4. The lowest BCUT2D eigenvalue weighted by molar-refractivity contribution is -0.387. The molecule has 1 aliphatic rings. The number of nitrogens with zero attached hydrogens (tertiary/aromatic N) is 1. The van der Waals surface area contributed by atoms with Gasteiger partial charge in [-0.15, -0.1) is 0 Å². The molecule has 0 saturated heterocycles. The van der Waals surface area contributed by atoms with Crippen LogP contribution in [0.25, 0.3) is 0 Å². The van der Waals surface area contributed by atoms with Crippen molar-refractivity contribution in [3.63, 3.8) is 0 Å². The van der Waals surface area contributed by atoms with E-state index in [1.807, 2.05) is 0 Å². The van der Waals surface area contributed by atoms with Gasteiger partial charge in [-0.3, -0.25) is 10.1 Å². The van der Waals surface area contributed by atoms with Crippen LogP contribution in [0, 0.1) is 10.1 Å². The number of hydrogen-bond donors (Lipinski definition) is 2. The molecule has 130 valence electrons. The topological polar surface area (TPSA) is 136 Å². The Morgan fingerprint density at radius 2 is 2.08 bits per heavy atom. The molecule has 1 unspecified atom stereocenters. The fourth-order valence-electron chi connectivity index (χ4n) is 2.40. The van der Waals surface area contributed by atoms with Crippen molar-refractivity contribution in [1.82, 2.24) is 4.72 Å². The summed E-state index contributed by atoms with van der Waals surface area (Å²) in [6.07, 6.45) is 0.314. The van der Waals surface area contributed by atoms with E-state index in [1.54, 1.807) is 0 Å². The van der Waals surface area contributed by atoms with Crippen molar-refractivity contribution >= 4 is 21.7 Å². The second-order valence-corrected chi connectivity index (χ2v) is 6.86. The van der Waals surface area contributed by atoms with Crippen LogP contribution in [-0.4, -0.2) is 43.7 Å². The molecule has 0 aromatic heterocycles. The first-order chi connectivity index (χ1) is 11.3. The lowest BCUT2D eigenvalue weighted by Gasteiger charge is -2.27. The van der Waals surface area contributed by atoms with Crippen LogP contribution in [0.2, 0.25) is 0 Å². The standard InChI is InChI=1S/C14H16N2O7S/c1-23-14(18)9-6-7-10(12(17)8-9)15-24(21,22)13-5-3-2-4-11(13)16(19)20/h2-6,10,12,15,17H,7-8H2,1H3/t10-,12?/m0/s1. The maximum Gasteiger partial charge on any atom is 0.333 e. The third-order valence-corrected chi connectivity index (χ3v) is 5.15. The summed E-state index contributed by atoms with van der Waals surface area (Å²) < 4.78 is 31.6. The minimum absolute atomic E-state index is 0.0610. The molecule has 10 heteroatoms. The van der Waals surface area contributed by atoms with Crippen LogP contribution in [0.15, 0.2) is 40.8 Å². The average Bonchev–Trinajstić information content (AvgIpc) is 2.55. The lowest BCUT2D eigenvalue weighted by Crippen LogP contribution is -2.45. The smallest absolute Gasteiger partial charge is 0.333 e. The highest BCUT2D eigenvalue weighted by atomic mass is 32.2. The summed E-state index contributed by atoms with van der Waals surface area (Å²) in [7, 11) is -3.00. The zero-order valence-electron chi connectivity index (χ0n) is 12.7. The van der Waals surface area contributed by atoms with Gasteiger partial charge in [-0.2, -0.15) is 0 Å². The molecule has 24 heavy (non-hydrogen) atoms. The van der Waals surface area contributed by atoms with Crippen molar-refractivity contribution in [1.29, 1.82) is 0 Å². The van der Waals surface area contributed by atoms with Crippen molar-refractivity contribution in [2.45, 2.75) is 29.9 Å². The van der Waals surface area contributed by atoms with Gasteiger partial charge in [0.2, 0.25) is 10.0 Å². The highest BCUT2D eigenvalue weighted by Gasteiger charge is 2.33. The van der Waals surface area contributed by atoms with Gasteiger partial charge < -0.3 is 9.84 Å². The number of para-hydroxylation sites is 1. The van der Waals surface area contributed by atoms with Gasteiger partial charge in [0.15, 0.2) is 4.90 Å². The third-order valence-electron chi connectivity index (χ3n) is 3.62. The Morgan fingerprint density at radius 1 is 1.42 bits per heavy atom. The third kappa shape index (κ3) is 3.78. The zero-order valence-corrected chi connectivity index (χ0v) is 13.5. The monoisotopic (exact) mass is 356 g/mol. The number of nitro groups is 1. The summed E-state index contributed by atoms with van der Waals surface area (Å²) in [6, 6.07) is 4.03. The van der Waals surface area contributed by atoms with E-state index >= 15 is 0 Å². The molecule has 1 aliphatic carbocycles. The number of rotatable bonds is 5. The highest BCUT2D eigenvalue weighted by Crippen LogP contribution is 2.25. The molecule has 0 spiro atoms. The first-order valence-corrected chi connectivity index (χ1v) is 8.45. The SMILES string of the molecule is COC(=O)C1=CC[C@H](NS(=O)(=O)c2ccccc2[N+](=O)[O-])C(O)C1. The number of aliphatic hydroxyl groups is 1. The summed E-state index contributed by atoms with van der Waals surface area (Å²) in [5.41, 5.74) is -0.299. The van der Waals surface area contributed by atoms with Crippen LogP contribution < -0.4 is 4.72 Å². The number of nitrogens with one attached hydrogen (secondary N) is 1. The van der Waals surface area contributed by atoms with E-state index < -0.39 is 43.6 Å². The van der Waals surface area contributed by atoms with E-state index in [0.717, 1.165) is 12.1 Å². The van der Waals surface area contributed by atoms with Gasteiger partial charge in [-0.25, -0.2) is 17.9 Å². The molecule has 2 rings (SSSR count). The molecule has 0 radical (unpaired) electrons. The second-order valence-electron chi connectivity index (χ2n) is 5.18. The number of benzene rings is 1. The number of hydrogen-bond acceptors (Lipinski definition) is 7. The number of sulfonamides is 1. The molecule has 0 aliphatic heterocycles. The molecule has 0 saturated carbocycles. The van der Waals surface area contributed by atoms with Crippen molar-refractivity contribution in [3.8, 4) is 0 Å². The minimum Gasteiger partial charge on any atom is -0.466 e. The van der Waals surface area contributed by atoms with E-state index in [1.165, 1.54) is 25.3 Å². The lowest BCUT2D eigenvalue weighted by atomic mass is 9.93. The van der Waals surface area contributed by atoms with Crippen LogP contribution >= 0.6 is 0 Å². The number of carbonyl (C=O) groups is 1. The van der Waals surface area contributed by atoms with Gasteiger partial charge in [0.05, 0.1) is 24.2 Å². The first-order valence-electron chi connectivity index (χ1n) is 6.97. The molecule has 9 nitrogen and oxygen atoms in total. The van der Waals surface area contributed by atoms with Crippen molar-refractivity contribution in [3.05, 3.63) is 46.0 Å². The van der Waals surface area contributed by atoms with Gasteiger partial charge in [0.1, 0.15) is 0 Å². The van der Waals surface area contributed by atoms with E-state index in [9.17, 15) is 28.4 Å². The maximum absolute atomic E-state index is 12.4. The number of ether oxygens (including phenoxy) is 1. The van der Waals surface area contributed by atoms with Gasteiger partial charge in [-0.1, -0.05) is 18.2 Å². The molecular weight excluding hydrogens is 340 g/mol. The Balaban J connectivity index is 2.24. The van der Waals surface area contributed by atoms with E-state index in [0.29, 0.717) is 0 Å². The Kier molecular flexibility index (Phi) is 5.32. The Labute approximate surface area is 138 Å². The van der Waals surface area contributed by atoms with Gasteiger partial charge in [0, 0.05) is 18.1 Å². The van der Waals surface area contributed by atoms with E-state index in [-0.39, 0.29) is 18.4 Å². The van der Waals surface area contributed by atoms with Gasteiger partial charge >= 0.3 is 5.97 Å². The second kappa shape index (κ2) is 7.07. The number of aliphatic hydroxyl groups excluding tert-OH is 1. The molecule has 1 aromatic rings. The molecule has 0 fully saturated rings. The number of carbonyl (C=O) groups excluding carboxylic acids is 1. The minimum atomic E-state index is -4.21. The zero-order chi connectivity index (χ0) is 17.9. The van der Waals surface area contributed by atoms with Crippen LogP contribution in [0.1, 0.15) is 12.8 Å². The Morgan fingerprint density at radius 3 is 2.67 bits per heavy atom. The Bertz CT molecular complexity index is 788. The predicted molar refractivity (Wildman–Crippen MR) is 82.5 cm³/mol. The summed E-state index contributed by atoms with van der Waals surface area (Å²) in [5, 5.41) is 21.0. The molecule has 0 amide bonds. The van der Waals surface area contributed by atoms with Crippen molar-refractivity contribution in [2.24, 2.45) is 0 Å². The Hall–Kier alpha value is -2.30. The molecule has 0 bridgehead atoms. The normalized spacial score (nSPS) is 21.0. The van der Waals surface area contributed by atoms with Crippen LogP contribution in [0.3, 0.4) is 0 Å². The molecule has 2 N–H and O–H groups in total. The first kappa shape index (κ1) is 18.0. The summed E-state index contributed by atoms with van der Waals surface area (Å²) >= 11 is 0. The van der Waals surface area contributed by atoms with Crippen molar-refractivity contribution in [2.75, 3.05) is 7.11 Å². The van der Waals surface area contributed by atoms with Crippen LogP contribution in [0.4, 0.5) is 5.69 Å². The number of methoxy groups -OCH3 is 1. The molecule has 2 atom stereocenters. The van der Waals surface area contributed by atoms with Gasteiger partial charge in [0.25, 0.3) is 5.69 Å². The van der Waals surface area contributed by atoms with Gasteiger partial charge in [-0.05, 0) is 12.5 Å². The average molecular weight is 356 g/mol. The summed E-state index contributed by atoms with van der Waals surface area (Å²) in [4.78, 5) is 21.1. The quantitative estimate of drug-likeness (QED) is 0.445. The number of esters is 1. The summed E-state index contributed by atoms with van der Waals surface area (Å²) in [6.45, 7) is 0. The van der Waals surface area contributed by atoms with Crippen molar-refractivity contribution < 1.29 is 28.0 Å². The molecule has 1 aromatic carbocycles. The molecular formula is C14H16N2O7S. The largest absolute Gasteiger partial charge is 0.466 e. The highest BCUT2D eigenvalue weighted by molar-refractivity contribution is 7.89. The molecule has 0 heterocycles. The summed E-state index contributed by atoms with van der Waals surface area (Å²) in [5.74, 6) is -0.589. The fourth-order valence-corrected chi connectivity index (χ4v) is 3.85.